The first kappa shape index (κ1) is 14.6. The van der Waals surface area contributed by atoms with Crippen molar-refractivity contribution in [3.05, 3.63) is 18.0 Å². The van der Waals surface area contributed by atoms with Gasteiger partial charge in [-0.1, -0.05) is 0 Å². The molecule has 0 spiro atoms. The van der Waals surface area contributed by atoms with Gasteiger partial charge in [-0.2, -0.15) is 0 Å². The Morgan fingerprint density at radius 3 is 2.95 bits per heavy atom. The molecule has 1 aliphatic heterocycles. The van der Waals surface area contributed by atoms with Gasteiger partial charge in [0.25, 0.3) is 0 Å². The van der Waals surface area contributed by atoms with Gasteiger partial charge >= 0.3 is 0 Å². The van der Waals surface area contributed by atoms with Gasteiger partial charge in [-0.05, 0) is 13.0 Å². The second-order valence-corrected chi connectivity index (χ2v) is 4.70. The Labute approximate surface area is 119 Å². The van der Waals surface area contributed by atoms with Crippen LogP contribution in [0.2, 0.25) is 0 Å². The summed E-state index contributed by atoms with van der Waals surface area (Å²) in [6, 6.07) is 1.91. The van der Waals surface area contributed by atoms with Crippen molar-refractivity contribution < 1.29 is 14.3 Å². The number of morpholine rings is 1. The first-order valence-corrected chi connectivity index (χ1v) is 6.80. The van der Waals surface area contributed by atoms with E-state index in [0.717, 1.165) is 11.4 Å². The minimum Gasteiger partial charge on any atom is -0.493 e. The monoisotopic (exact) mass is 279 g/mol. The number of carbonyl (C=O) groups is 1. The Morgan fingerprint density at radius 1 is 1.50 bits per heavy atom. The first-order valence-electron chi connectivity index (χ1n) is 6.80. The zero-order valence-corrected chi connectivity index (χ0v) is 12.0. The molecule has 1 N–H and O–H groups in total. The molecule has 1 aromatic heterocycles. The normalized spacial score (nSPS) is 15.0. The van der Waals surface area contributed by atoms with E-state index in [9.17, 15) is 4.79 Å². The number of hydrogen-bond donors (Lipinski definition) is 1. The lowest BCUT2D eigenvalue weighted by Gasteiger charge is -2.27. The van der Waals surface area contributed by atoms with Crippen molar-refractivity contribution in [1.82, 2.24) is 9.88 Å². The molecule has 1 amide bonds. The minimum atomic E-state index is 0.158. The quantitative estimate of drug-likeness (QED) is 0.873. The second kappa shape index (κ2) is 7.09. The van der Waals surface area contributed by atoms with E-state index in [1.165, 1.54) is 0 Å². The van der Waals surface area contributed by atoms with Crippen molar-refractivity contribution in [1.29, 1.82) is 0 Å². The van der Waals surface area contributed by atoms with E-state index in [1.807, 2.05) is 17.9 Å². The van der Waals surface area contributed by atoms with Crippen molar-refractivity contribution in [2.45, 2.75) is 13.3 Å². The molecule has 6 heteroatoms. The molecule has 0 radical (unpaired) electrons. The topological polar surface area (TPSA) is 63.7 Å². The summed E-state index contributed by atoms with van der Waals surface area (Å²) in [4.78, 5) is 18.0. The van der Waals surface area contributed by atoms with E-state index in [2.05, 4.69) is 10.3 Å². The molecule has 110 valence electrons. The highest BCUT2D eigenvalue weighted by molar-refractivity contribution is 5.77. The molecule has 0 aliphatic carbocycles. The molecule has 1 aromatic rings. The number of rotatable bonds is 5. The van der Waals surface area contributed by atoms with Gasteiger partial charge in [0.05, 0.1) is 32.2 Å². The third-order valence-corrected chi connectivity index (χ3v) is 3.24. The Morgan fingerprint density at radius 2 is 2.25 bits per heavy atom. The van der Waals surface area contributed by atoms with Gasteiger partial charge in [0, 0.05) is 31.7 Å². The van der Waals surface area contributed by atoms with Crippen molar-refractivity contribution >= 4 is 11.6 Å². The summed E-state index contributed by atoms with van der Waals surface area (Å²) in [5.74, 6) is 0.847. The number of aryl methyl sites for hydroxylation is 1. The van der Waals surface area contributed by atoms with Crippen LogP contribution in [0, 0.1) is 6.92 Å². The van der Waals surface area contributed by atoms with Crippen LogP contribution in [0.5, 0.6) is 5.75 Å². The van der Waals surface area contributed by atoms with E-state index >= 15 is 0 Å². The number of nitrogens with one attached hydrogen (secondary N) is 1. The van der Waals surface area contributed by atoms with Crippen LogP contribution in [0.4, 0.5) is 5.69 Å². The molecule has 20 heavy (non-hydrogen) atoms. The molecule has 1 saturated heterocycles. The maximum atomic E-state index is 12.0. The molecular formula is C14H21N3O3. The maximum absolute atomic E-state index is 12.0. The fourth-order valence-electron chi connectivity index (χ4n) is 2.12. The van der Waals surface area contributed by atoms with E-state index < -0.39 is 0 Å². The Balaban J connectivity index is 1.83. The summed E-state index contributed by atoms with van der Waals surface area (Å²) >= 11 is 0. The fraction of sp³-hybridized carbons (Fsp3) is 0.571. The van der Waals surface area contributed by atoms with E-state index in [0.29, 0.717) is 45.0 Å². The van der Waals surface area contributed by atoms with E-state index in [-0.39, 0.29) is 5.91 Å². The molecular weight excluding hydrogens is 258 g/mol. The number of nitrogens with zero attached hydrogens (tertiary/aromatic N) is 2. The van der Waals surface area contributed by atoms with Crippen LogP contribution in [0.25, 0.3) is 0 Å². The molecule has 1 aliphatic rings. The van der Waals surface area contributed by atoms with Gasteiger partial charge in [-0.25, -0.2) is 0 Å². The van der Waals surface area contributed by atoms with Crippen molar-refractivity contribution in [2.75, 3.05) is 45.3 Å². The zero-order valence-electron chi connectivity index (χ0n) is 12.0. The number of aromatic nitrogens is 1. The van der Waals surface area contributed by atoms with Crippen LogP contribution >= 0.6 is 0 Å². The molecule has 0 saturated carbocycles. The van der Waals surface area contributed by atoms with Crippen LogP contribution < -0.4 is 10.1 Å². The van der Waals surface area contributed by atoms with Crippen LogP contribution in [0.3, 0.4) is 0 Å². The van der Waals surface area contributed by atoms with Crippen molar-refractivity contribution in [3.8, 4) is 5.75 Å². The molecule has 6 nitrogen and oxygen atoms in total. The van der Waals surface area contributed by atoms with Gasteiger partial charge in [0.2, 0.25) is 5.91 Å². The van der Waals surface area contributed by atoms with Gasteiger partial charge in [0.1, 0.15) is 0 Å². The lowest BCUT2D eigenvalue weighted by Crippen LogP contribution is -2.41. The predicted octanol–water partition coefficient (Wildman–Crippen LogP) is 1.06. The number of amides is 1. The lowest BCUT2D eigenvalue weighted by molar-refractivity contribution is -0.134. The van der Waals surface area contributed by atoms with Crippen molar-refractivity contribution in [3.63, 3.8) is 0 Å². The van der Waals surface area contributed by atoms with Crippen molar-refractivity contribution in [2.24, 2.45) is 0 Å². The lowest BCUT2D eigenvalue weighted by atomic mass is 10.3. The molecule has 2 heterocycles. The largest absolute Gasteiger partial charge is 0.493 e. The molecule has 1 fully saturated rings. The maximum Gasteiger partial charge on any atom is 0.224 e. The highest BCUT2D eigenvalue weighted by Crippen LogP contribution is 2.23. The van der Waals surface area contributed by atoms with E-state index in [1.54, 1.807) is 13.3 Å². The van der Waals surface area contributed by atoms with Gasteiger partial charge in [0.15, 0.2) is 5.75 Å². The summed E-state index contributed by atoms with van der Waals surface area (Å²) in [7, 11) is 1.61. The highest BCUT2D eigenvalue weighted by atomic mass is 16.5. The predicted molar refractivity (Wildman–Crippen MR) is 76.0 cm³/mol. The molecule has 0 unspecified atom stereocenters. The number of carbonyl (C=O) groups excluding carboxylic acids is 1. The average Bonchev–Trinajstić information content (AvgIpc) is 2.48. The number of anilines is 1. The Bertz CT molecular complexity index is 459. The number of methoxy groups -OCH3 is 1. The Kier molecular flexibility index (Phi) is 5.17. The number of ether oxygens (including phenoxy) is 2. The first-order chi connectivity index (χ1) is 9.70. The third kappa shape index (κ3) is 3.84. The number of hydrogen-bond acceptors (Lipinski definition) is 5. The third-order valence-electron chi connectivity index (χ3n) is 3.24. The summed E-state index contributed by atoms with van der Waals surface area (Å²) in [5, 5.41) is 3.23. The number of pyridine rings is 1. The molecule has 0 bridgehead atoms. The summed E-state index contributed by atoms with van der Waals surface area (Å²) in [6.45, 7) is 5.15. The minimum absolute atomic E-state index is 0.158. The SMILES string of the molecule is COc1cnc(C)cc1NCCC(=O)N1CCOCC1. The molecule has 0 aromatic carbocycles. The van der Waals surface area contributed by atoms with Crippen LogP contribution in [0.15, 0.2) is 12.3 Å². The molecule has 2 rings (SSSR count). The summed E-state index contributed by atoms with van der Waals surface area (Å²) in [6.07, 6.45) is 2.14. The van der Waals surface area contributed by atoms with Gasteiger partial charge < -0.3 is 19.7 Å². The van der Waals surface area contributed by atoms with Crippen LogP contribution in [0.1, 0.15) is 12.1 Å². The summed E-state index contributed by atoms with van der Waals surface area (Å²) in [5.41, 5.74) is 1.78. The van der Waals surface area contributed by atoms with Crippen LogP contribution in [-0.4, -0.2) is 55.7 Å². The highest BCUT2D eigenvalue weighted by Gasteiger charge is 2.16. The van der Waals surface area contributed by atoms with Gasteiger partial charge in [-0.3, -0.25) is 9.78 Å². The molecule has 0 atom stereocenters. The van der Waals surface area contributed by atoms with Crippen LogP contribution in [-0.2, 0) is 9.53 Å². The second-order valence-electron chi connectivity index (χ2n) is 4.70. The van der Waals surface area contributed by atoms with Gasteiger partial charge in [-0.15, -0.1) is 0 Å². The summed E-state index contributed by atoms with van der Waals surface area (Å²) < 4.78 is 10.5. The smallest absolute Gasteiger partial charge is 0.224 e. The Hall–Kier alpha value is -1.82. The standard InChI is InChI=1S/C14H21N3O3/c1-11-9-12(13(19-2)10-16-11)15-4-3-14(18)17-5-7-20-8-6-17/h9-10H,3-8H2,1-2H3,(H,15,16). The average molecular weight is 279 g/mol. The van der Waals surface area contributed by atoms with E-state index in [4.69, 9.17) is 9.47 Å². The zero-order chi connectivity index (χ0) is 14.4. The fourth-order valence-corrected chi connectivity index (χ4v) is 2.12.